The molecule has 0 fully saturated rings. The van der Waals surface area contributed by atoms with Gasteiger partial charge in [0, 0.05) is 6.61 Å². The summed E-state index contributed by atoms with van der Waals surface area (Å²) in [6, 6.07) is 20.9. The minimum absolute atomic E-state index is 0.570. The molecule has 0 radical (unpaired) electrons. The Hall–Kier alpha value is -1.68. The van der Waals surface area contributed by atoms with E-state index in [-0.39, 0.29) is 0 Å². The zero-order chi connectivity index (χ0) is 17.1. The number of benzene rings is 2. The van der Waals surface area contributed by atoms with Gasteiger partial charge in [-0.1, -0.05) is 92.6 Å². The Bertz CT molecular complexity index is 556. The SMILES string of the molecule is C/C=C/CO[Si](OCCCCC)(c1ccccc1)c1ccccc1. The molecule has 24 heavy (non-hydrogen) atoms. The highest BCUT2D eigenvalue weighted by Gasteiger charge is 2.42. The van der Waals surface area contributed by atoms with Crippen LogP contribution in [0.3, 0.4) is 0 Å². The average molecular weight is 341 g/mol. The van der Waals surface area contributed by atoms with Crippen molar-refractivity contribution in [1.82, 2.24) is 0 Å². The molecule has 2 nitrogen and oxygen atoms in total. The molecule has 0 aromatic heterocycles. The minimum atomic E-state index is -2.69. The molecule has 0 aliphatic heterocycles. The van der Waals surface area contributed by atoms with Crippen LogP contribution in [0.15, 0.2) is 72.8 Å². The molecule has 0 saturated carbocycles. The number of rotatable bonds is 10. The van der Waals surface area contributed by atoms with Crippen molar-refractivity contribution in [3.63, 3.8) is 0 Å². The molecule has 0 spiro atoms. The summed E-state index contributed by atoms with van der Waals surface area (Å²) in [5, 5.41) is 2.33. The zero-order valence-electron chi connectivity index (χ0n) is 14.8. The van der Waals surface area contributed by atoms with Crippen LogP contribution in [0.1, 0.15) is 33.1 Å². The summed E-state index contributed by atoms with van der Waals surface area (Å²) in [4.78, 5) is 0. The van der Waals surface area contributed by atoms with Gasteiger partial charge in [0.05, 0.1) is 6.61 Å². The molecule has 0 amide bonds. The quantitative estimate of drug-likeness (QED) is 0.369. The van der Waals surface area contributed by atoms with E-state index in [1.54, 1.807) is 0 Å². The van der Waals surface area contributed by atoms with Crippen molar-refractivity contribution in [2.75, 3.05) is 13.2 Å². The van der Waals surface area contributed by atoms with Crippen molar-refractivity contribution in [1.29, 1.82) is 0 Å². The standard InChI is InChI=1S/C21H28O2Si/c1-3-5-13-19-23-24(22-18-6-4-2,20-14-9-7-10-15-20)21-16-11-8-12-17-21/h4,6-12,14-17H,3,5,13,18-19H2,1-2H3/b6-4+. The summed E-state index contributed by atoms with van der Waals surface area (Å²) < 4.78 is 13.0. The second kappa shape index (κ2) is 10.2. The van der Waals surface area contributed by atoms with Gasteiger partial charge in [0.1, 0.15) is 0 Å². The van der Waals surface area contributed by atoms with E-state index >= 15 is 0 Å². The average Bonchev–Trinajstić information content (AvgIpc) is 2.65. The molecule has 0 aliphatic rings. The van der Waals surface area contributed by atoms with E-state index in [0.717, 1.165) is 23.4 Å². The largest absolute Gasteiger partial charge is 0.407 e. The molecular formula is C21H28O2Si. The van der Waals surface area contributed by atoms with Crippen molar-refractivity contribution in [2.45, 2.75) is 33.1 Å². The van der Waals surface area contributed by atoms with Gasteiger partial charge in [0.25, 0.3) is 0 Å². The first kappa shape index (κ1) is 18.7. The summed E-state index contributed by atoms with van der Waals surface area (Å²) in [5.41, 5.74) is 0. The van der Waals surface area contributed by atoms with E-state index in [4.69, 9.17) is 8.85 Å². The molecule has 0 bridgehead atoms. The van der Waals surface area contributed by atoms with Gasteiger partial charge in [-0.2, -0.15) is 0 Å². The summed E-state index contributed by atoms with van der Waals surface area (Å²) in [5.74, 6) is 0. The molecule has 0 heterocycles. The lowest BCUT2D eigenvalue weighted by Gasteiger charge is -2.31. The smallest absolute Gasteiger partial charge is 0.388 e. The molecule has 2 rings (SSSR count). The van der Waals surface area contributed by atoms with Crippen LogP contribution in [0.5, 0.6) is 0 Å². The monoisotopic (exact) mass is 340 g/mol. The summed E-state index contributed by atoms with van der Waals surface area (Å²) in [7, 11) is -2.69. The van der Waals surface area contributed by atoms with E-state index < -0.39 is 8.56 Å². The Kier molecular flexibility index (Phi) is 7.96. The molecule has 0 unspecified atom stereocenters. The summed E-state index contributed by atoms with van der Waals surface area (Å²) in [6.07, 6.45) is 7.50. The highest BCUT2D eigenvalue weighted by molar-refractivity contribution is 6.92. The second-order valence-electron chi connectivity index (χ2n) is 5.78. The molecule has 0 saturated heterocycles. The summed E-state index contributed by atoms with van der Waals surface area (Å²) in [6.45, 7) is 5.53. The first-order chi connectivity index (χ1) is 11.8. The molecule has 3 heteroatoms. The van der Waals surface area contributed by atoms with Crippen LogP contribution in [-0.2, 0) is 8.85 Å². The Morgan fingerprint density at radius 3 is 1.92 bits per heavy atom. The Morgan fingerprint density at radius 1 is 0.833 bits per heavy atom. The van der Waals surface area contributed by atoms with Gasteiger partial charge >= 0.3 is 8.56 Å². The van der Waals surface area contributed by atoms with Gasteiger partial charge in [-0.05, 0) is 23.7 Å². The van der Waals surface area contributed by atoms with Gasteiger partial charge in [-0.25, -0.2) is 0 Å². The van der Waals surface area contributed by atoms with Crippen LogP contribution < -0.4 is 10.4 Å². The fourth-order valence-corrected chi connectivity index (χ4v) is 5.80. The van der Waals surface area contributed by atoms with Crippen molar-refractivity contribution in [3.8, 4) is 0 Å². The normalized spacial score (nSPS) is 11.9. The lowest BCUT2D eigenvalue weighted by Crippen LogP contribution is -2.63. The van der Waals surface area contributed by atoms with Crippen molar-refractivity contribution < 1.29 is 8.85 Å². The third kappa shape index (κ3) is 4.90. The van der Waals surface area contributed by atoms with Gasteiger partial charge in [-0.15, -0.1) is 0 Å². The van der Waals surface area contributed by atoms with Crippen LogP contribution in [0, 0.1) is 0 Å². The fraction of sp³-hybridized carbons (Fsp3) is 0.333. The predicted molar refractivity (Wildman–Crippen MR) is 104 cm³/mol. The van der Waals surface area contributed by atoms with Crippen molar-refractivity contribution in [3.05, 3.63) is 72.8 Å². The number of allylic oxidation sites excluding steroid dienone is 1. The van der Waals surface area contributed by atoms with Crippen molar-refractivity contribution in [2.24, 2.45) is 0 Å². The lowest BCUT2D eigenvalue weighted by molar-refractivity contribution is 0.203. The van der Waals surface area contributed by atoms with Crippen LogP contribution in [0.4, 0.5) is 0 Å². The molecule has 2 aromatic rings. The Labute approximate surface area is 147 Å². The van der Waals surface area contributed by atoms with E-state index in [1.807, 2.05) is 31.2 Å². The molecule has 0 atom stereocenters. The van der Waals surface area contributed by atoms with Gasteiger partial charge < -0.3 is 8.85 Å². The predicted octanol–water partition coefficient (Wildman–Crippen LogP) is 4.04. The minimum Gasteiger partial charge on any atom is -0.388 e. The maximum absolute atomic E-state index is 6.53. The molecular weight excluding hydrogens is 312 g/mol. The molecule has 2 aromatic carbocycles. The molecule has 0 N–H and O–H groups in total. The van der Waals surface area contributed by atoms with Gasteiger partial charge in [0.15, 0.2) is 0 Å². The van der Waals surface area contributed by atoms with Crippen LogP contribution >= 0.6 is 0 Å². The number of unbranched alkanes of at least 4 members (excludes halogenated alkanes) is 2. The number of hydrogen-bond donors (Lipinski definition) is 0. The van der Waals surface area contributed by atoms with Crippen LogP contribution in [0.25, 0.3) is 0 Å². The lowest BCUT2D eigenvalue weighted by atomic mass is 10.3. The van der Waals surface area contributed by atoms with Crippen LogP contribution in [0.2, 0.25) is 0 Å². The molecule has 0 aliphatic carbocycles. The van der Waals surface area contributed by atoms with Gasteiger partial charge in [0.2, 0.25) is 0 Å². The van der Waals surface area contributed by atoms with E-state index in [2.05, 4.69) is 55.5 Å². The second-order valence-corrected chi connectivity index (χ2v) is 8.75. The van der Waals surface area contributed by atoms with E-state index in [1.165, 1.54) is 12.8 Å². The highest BCUT2D eigenvalue weighted by Crippen LogP contribution is 2.12. The van der Waals surface area contributed by atoms with Gasteiger partial charge in [-0.3, -0.25) is 0 Å². The Morgan fingerprint density at radius 2 is 1.42 bits per heavy atom. The number of hydrogen-bond acceptors (Lipinski definition) is 2. The first-order valence-corrected chi connectivity index (χ1v) is 10.6. The van der Waals surface area contributed by atoms with E-state index in [9.17, 15) is 0 Å². The maximum Gasteiger partial charge on any atom is 0.407 e. The van der Waals surface area contributed by atoms with Crippen molar-refractivity contribution >= 4 is 18.9 Å². The molecule has 128 valence electrons. The summed E-state index contributed by atoms with van der Waals surface area (Å²) >= 11 is 0. The topological polar surface area (TPSA) is 18.5 Å². The Balaban J connectivity index is 2.38. The van der Waals surface area contributed by atoms with Crippen LogP contribution in [-0.4, -0.2) is 21.8 Å². The first-order valence-electron chi connectivity index (χ1n) is 8.83. The fourth-order valence-electron chi connectivity index (χ4n) is 2.69. The van der Waals surface area contributed by atoms with E-state index in [0.29, 0.717) is 6.61 Å². The zero-order valence-corrected chi connectivity index (χ0v) is 15.8. The maximum atomic E-state index is 6.53. The third-order valence-electron chi connectivity index (χ3n) is 3.98. The highest BCUT2D eigenvalue weighted by atomic mass is 28.4. The third-order valence-corrected chi connectivity index (χ3v) is 7.35.